The third-order valence-electron chi connectivity index (χ3n) is 8.83. The van der Waals surface area contributed by atoms with Crippen molar-refractivity contribution in [2.75, 3.05) is 0 Å². The Bertz CT molecular complexity index is 714. The molecule has 0 unspecified atom stereocenters. The molecule has 0 atom stereocenters. The van der Waals surface area contributed by atoms with Crippen molar-refractivity contribution in [3.63, 3.8) is 0 Å². The summed E-state index contributed by atoms with van der Waals surface area (Å²) in [5.41, 5.74) is 3.11. The van der Waals surface area contributed by atoms with Crippen molar-refractivity contribution in [3.8, 4) is 0 Å². The zero-order valence-electron chi connectivity index (χ0n) is 20.0. The molecular weight excluding hydrogens is 422 g/mol. The van der Waals surface area contributed by atoms with Crippen LogP contribution in [0.1, 0.15) is 96.3 Å². The maximum atomic E-state index is 2.53. The predicted molar refractivity (Wildman–Crippen MR) is 147 cm³/mol. The van der Waals surface area contributed by atoms with Gasteiger partial charge in [0.2, 0.25) is 0 Å². The van der Waals surface area contributed by atoms with Crippen molar-refractivity contribution < 1.29 is 0 Å². The summed E-state index contributed by atoms with van der Waals surface area (Å²) in [4.78, 5) is 0. The maximum absolute atomic E-state index is 2.53. The van der Waals surface area contributed by atoms with Gasteiger partial charge < -0.3 is 0 Å². The SMILES string of the molecule is c1ccc(P(c2ccccc2)[P+](C2CCCCC2)(C2CCCCC2)C2CCCCC2)cc1. The lowest BCUT2D eigenvalue weighted by atomic mass is 9.99. The molecule has 3 saturated carbocycles. The number of rotatable bonds is 6. The monoisotopic (exact) mass is 465 g/mol. The molecule has 0 heterocycles. The van der Waals surface area contributed by atoms with E-state index in [0.29, 0.717) is 0 Å². The van der Waals surface area contributed by atoms with Gasteiger partial charge in [-0.3, -0.25) is 0 Å². The van der Waals surface area contributed by atoms with Crippen molar-refractivity contribution in [1.82, 2.24) is 0 Å². The predicted octanol–water partition coefficient (Wildman–Crippen LogP) is 9.05. The van der Waals surface area contributed by atoms with Crippen molar-refractivity contribution in [2.45, 2.75) is 113 Å². The molecule has 0 radical (unpaired) electrons. The molecule has 5 rings (SSSR count). The lowest BCUT2D eigenvalue weighted by Crippen LogP contribution is -2.38. The quantitative estimate of drug-likeness (QED) is 0.373. The van der Waals surface area contributed by atoms with Crippen LogP contribution in [0.15, 0.2) is 60.7 Å². The molecule has 172 valence electrons. The summed E-state index contributed by atoms with van der Waals surface area (Å²) in [5.74, 6) is 0. The van der Waals surface area contributed by atoms with Gasteiger partial charge in [-0.25, -0.2) is 0 Å². The van der Waals surface area contributed by atoms with E-state index in [1.54, 1.807) is 49.1 Å². The highest BCUT2D eigenvalue weighted by Crippen LogP contribution is 2.93. The maximum Gasteiger partial charge on any atom is 0.119 e. The lowest BCUT2D eigenvalue weighted by molar-refractivity contribution is 0.457. The van der Waals surface area contributed by atoms with E-state index >= 15 is 0 Å². The Morgan fingerprint density at radius 1 is 0.438 bits per heavy atom. The summed E-state index contributed by atoms with van der Waals surface area (Å²) in [6.07, 6.45) is 22.7. The van der Waals surface area contributed by atoms with E-state index in [1.165, 1.54) is 57.8 Å². The molecule has 0 aromatic heterocycles. The fourth-order valence-electron chi connectivity index (χ4n) is 7.56. The Labute approximate surface area is 199 Å². The zero-order chi connectivity index (χ0) is 21.6. The number of hydrogen-bond acceptors (Lipinski definition) is 0. The zero-order valence-corrected chi connectivity index (χ0v) is 21.8. The standard InChI is InChI=1S/C30H43P2/c1-6-16-26(17-7-1)31(27-18-8-2-9-19-27)32(28-20-10-3-11-21-28,29-22-12-4-13-23-29)30-24-14-5-15-25-30/h1-2,6-9,16-19,28-30H,3-5,10-15,20-25H2/q+1. The minimum atomic E-state index is -1.21. The minimum absolute atomic E-state index is 0.256. The average molecular weight is 466 g/mol. The first-order valence-corrected chi connectivity index (χ1v) is 17.7. The van der Waals surface area contributed by atoms with Crippen LogP contribution in [0, 0.1) is 0 Å². The molecule has 2 aromatic rings. The van der Waals surface area contributed by atoms with Crippen LogP contribution in [0.4, 0.5) is 0 Å². The van der Waals surface area contributed by atoms with Crippen molar-refractivity contribution in [1.29, 1.82) is 0 Å². The first kappa shape index (κ1) is 23.1. The van der Waals surface area contributed by atoms with Gasteiger partial charge in [-0.1, -0.05) is 79.9 Å². The smallest absolute Gasteiger partial charge is 0.0622 e. The Balaban J connectivity index is 1.72. The van der Waals surface area contributed by atoms with Crippen LogP contribution in [-0.2, 0) is 0 Å². The molecule has 3 aliphatic rings. The molecule has 2 aromatic carbocycles. The molecule has 0 nitrogen and oxygen atoms in total. The Morgan fingerprint density at radius 2 is 0.750 bits per heavy atom. The van der Waals surface area contributed by atoms with E-state index in [-0.39, 0.29) is 7.61 Å². The molecule has 0 spiro atoms. The first-order chi connectivity index (χ1) is 15.9. The molecule has 2 heteroatoms. The molecule has 0 N–H and O–H groups in total. The third-order valence-corrected chi connectivity index (χ3v) is 22.6. The van der Waals surface area contributed by atoms with Crippen LogP contribution in [0.3, 0.4) is 0 Å². The fraction of sp³-hybridized carbons (Fsp3) is 0.600. The third kappa shape index (κ3) is 4.62. The molecule has 0 bridgehead atoms. The molecule has 32 heavy (non-hydrogen) atoms. The van der Waals surface area contributed by atoms with E-state index in [9.17, 15) is 0 Å². The highest BCUT2D eigenvalue weighted by molar-refractivity contribution is 8.44. The van der Waals surface area contributed by atoms with Crippen LogP contribution in [0.25, 0.3) is 0 Å². The van der Waals surface area contributed by atoms with Gasteiger partial charge in [-0.15, -0.1) is 0 Å². The Morgan fingerprint density at radius 3 is 1.06 bits per heavy atom. The fourth-order valence-corrected chi connectivity index (χ4v) is 24.1. The van der Waals surface area contributed by atoms with Gasteiger partial charge in [0.25, 0.3) is 0 Å². The Hall–Kier alpha value is -0.700. The van der Waals surface area contributed by atoms with Crippen molar-refractivity contribution >= 4 is 25.2 Å². The van der Waals surface area contributed by atoms with E-state index in [1.807, 2.05) is 0 Å². The van der Waals surface area contributed by atoms with Gasteiger partial charge in [0.1, 0.15) is 7.61 Å². The molecule has 0 amide bonds. The second-order valence-electron chi connectivity index (χ2n) is 10.7. The summed E-state index contributed by atoms with van der Waals surface area (Å²) < 4.78 is 0. The molecule has 3 aliphatic carbocycles. The van der Waals surface area contributed by atoms with E-state index in [4.69, 9.17) is 0 Å². The summed E-state index contributed by atoms with van der Waals surface area (Å²) in [6, 6.07) is 24.0. The summed E-state index contributed by atoms with van der Waals surface area (Å²) in [6.45, 7) is -1.21. The molecule has 0 aliphatic heterocycles. The molecular formula is C30H43P2+. The highest BCUT2D eigenvalue weighted by Gasteiger charge is 2.62. The largest absolute Gasteiger partial charge is 0.119 e. The van der Waals surface area contributed by atoms with Gasteiger partial charge in [-0.05, 0) is 77.0 Å². The summed E-state index contributed by atoms with van der Waals surface area (Å²) in [7, 11) is -0.256. The van der Waals surface area contributed by atoms with Gasteiger partial charge in [-0.2, -0.15) is 0 Å². The normalized spacial score (nSPS) is 22.3. The average Bonchev–Trinajstić information content (AvgIpc) is 2.90. The molecule has 0 saturated heterocycles. The van der Waals surface area contributed by atoms with Crippen LogP contribution in [-0.4, -0.2) is 17.0 Å². The first-order valence-electron chi connectivity index (χ1n) is 13.7. The number of benzene rings is 2. The van der Waals surface area contributed by atoms with Crippen LogP contribution in [0.2, 0.25) is 0 Å². The summed E-state index contributed by atoms with van der Waals surface area (Å²) in [5, 5.41) is 3.42. The second kappa shape index (κ2) is 11.2. The lowest BCUT2D eigenvalue weighted by Gasteiger charge is -2.52. The van der Waals surface area contributed by atoms with E-state index < -0.39 is 6.95 Å². The van der Waals surface area contributed by atoms with Crippen LogP contribution < -0.4 is 10.6 Å². The Kier molecular flexibility index (Phi) is 8.04. The molecule has 3 fully saturated rings. The van der Waals surface area contributed by atoms with Crippen LogP contribution in [0.5, 0.6) is 0 Å². The number of hydrogen-bond donors (Lipinski definition) is 0. The van der Waals surface area contributed by atoms with Gasteiger partial charge in [0.05, 0.1) is 23.9 Å². The van der Waals surface area contributed by atoms with E-state index in [0.717, 1.165) is 17.0 Å². The minimum Gasteiger partial charge on any atom is -0.0622 e. The van der Waals surface area contributed by atoms with Gasteiger partial charge in [0, 0.05) is 10.6 Å². The van der Waals surface area contributed by atoms with E-state index in [2.05, 4.69) is 60.7 Å². The highest BCUT2D eigenvalue weighted by atomic mass is 32.1. The summed E-state index contributed by atoms with van der Waals surface area (Å²) >= 11 is 0. The van der Waals surface area contributed by atoms with Gasteiger partial charge >= 0.3 is 0 Å². The van der Waals surface area contributed by atoms with Crippen LogP contribution >= 0.6 is 14.6 Å². The van der Waals surface area contributed by atoms with Gasteiger partial charge in [0.15, 0.2) is 0 Å². The second-order valence-corrected chi connectivity index (χ2v) is 19.4. The topological polar surface area (TPSA) is 0 Å². The van der Waals surface area contributed by atoms with Crippen molar-refractivity contribution in [3.05, 3.63) is 60.7 Å². The van der Waals surface area contributed by atoms with Crippen molar-refractivity contribution in [2.24, 2.45) is 0 Å².